The fraction of sp³-hybridized carbons (Fsp3) is 0.769. The van der Waals surface area contributed by atoms with Crippen molar-refractivity contribution in [3.63, 3.8) is 0 Å². The van der Waals surface area contributed by atoms with Crippen LogP contribution in [0, 0.1) is 0 Å². The second-order valence-corrected chi connectivity index (χ2v) is 8.49. The summed E-state index contributed by atoms with van der Waals surface area (Å²) in [6.07, 6.45) is 11.6. The summed E-state index contributed by atoms with van der Waals surface area (Å²) in [6.45, 7) is 2.66. The zero-order valence-electron chi connectivity index (χ0n) is 26.4. The van der Waals surface area contributed by atoms with Gasteiger partial charge >= 0.3 is 130 Å². The normalized spacial score (nSPS) is 8.79. The van der Waals surface area contributed by atoms with Gasteiger partial charge in [-0.2, -0.15) is 0 Å². The first-order valence-electron chi connectivity index (χ1n) is 13.1. The van der Waals surface area contributed by atoms with Crippen molar-refractivity contribution < 1.29 is 177 Å². The Morgan fingerprint density at radius 3 is 1.07 bits per heavy atom. The summed E-state index contributed by atoms with van der Waals surface area (Å²) in [5.74, 6) is -6.26. The molecule has 12 nitrogen and oxygen atoms in total. The number of hydrogen-bond donors (Lipinski definition) is 1. The molecule has 0 spiro atoms. The summed E-state index contributed by atoms with van der Waals surface area (Å²) < 4.78 is 4.96. The van der Waals surface area contributed by atoms with Gasteiger partial charge in [-0.05, 0) is 44.9 Å². The molecule has 0 amide bonds. The molecular formula is C26H42Na4O12. The molecule has 0 aromatic rings. The van der Waals surface area contributed by atoms with Crippen molar-refractivity contribution in [3.05, 3.63) is 0 Å². The Morgan fingerprint density at radius 2 is 0.786 bits per heavy atom. The van der Waals surface area contributed by atoms with E-state index < -0.39 is 35.8 Å². The number of carboxylic acids is 5. The van der Waals surface area contributed by atoms with Crippen molar-refractivity contribution in [1.82, 2.24) is 0 Å². The minimum absolute atomic E-state index is 0. The number of esters is 1. The van der Waals surface area contributed by atoms with E-state index >= 15 is 0 Å². The molecule has 0 heterocycles. The standard InChI is InChI=1S/C16H30O4.2C5H8O4.4Na/c1-2-3-4-5-6-7-8-9-10-11-14-20-16(19)13-12-15(17)18;2*6-4(7)2-1-3-5(8)9;;;;/h2-14H2,1H3,(H,17,18);2*1-3H2,(H,6,7)(H,8,9);;;;/q;;;4*+1/p-4. The van der Waals surface area contributed by atoms with Crippen molar-refractivity contribution in [2.45, 2.75) is 122 Å². The van der Waals surface area contributed by atoms with Gasteiger partial charge in [-0.15, -0.1) is 0 Å². The van der Waals surface area contributed by atoms with E-state index in [0.717, 1.165) is 12.8 Å². The van der Waals surface area contributed by atoms with Crippen LogP contribution in [-0.4, -0.2) is 47.5 Å². The van der Waals surface area contributed by atoms with E-state index in [9.17, 15) is 49.2 Å². The van der Waals surface area contributed by atoms with Crippen LogP contribution in [-0.2, 0) is 33.5 Å². The van der Waals surface area contributed by atoms with Crippen molar-refractivity contribution in [1.29, 1.82) is 0 Å². The first-order valence-corrected chi connectivity index (χ1v) is 13.1. The number of hydrogen-bond acceptors (Lipinski definition) is 11. The van der Waals surface area contributed by atoms with E-state index in [-0.39, 0.29) is 170 Å². The number of carboxylic acid groups (broad SMARTS) is 5. The van der Waals surface area contributed by atoms with Gasteiger partial charge in [-0.3, -0.25) is 9.59 Å². The number of carbonyl (C=O) groups is 6. The second kappa shape index (κ2) is 46.2. The third kappa shape index (κ3) is 68.1. The minimum atomic E-state index is -1.23. The van der Waals surface area contributed by atoms with E-state index in [1.807, 2.05) is 0 Å². The Balaban J connectivity index is -0.0000000944. The van der Waals surface area contributed by atoms with Gasteiger partial charge in [0.1, 0.15) is 0 Å². The van der Waals surface area contributed by atoms with Crippen molar-refractivity contribution in [3.8, 4) is 0 Å². The second-order valence-electron chi connectivity index (χ2n) is 8.49. The van der Waals surface area contributed by atoms with Crippen LogP contribution in [0.4, 0.5) is 0 Å². The van der Waals surface area contributed by atoms with Crippen LogP contribution < -0.4 is 139 Å². The van der Waals surface area contributed by atoms with E-state index in [2.05, 4.69) is 6.92 Å². The Labute approximate surface area is 338 Å². The predicted octanol–water partition coefficient (Wildman–Crippen LogP) is -12.4. The van der Waals surface area contributed by atoms with Crippen LogP contribution in [0.5, 0.6) is 0 Å². The molecule has 0 aromatic heterocycles. The minimum Gasteiger partial charge on any atom is -0.550 e. The molecule has 0 aliphatic heterocycles. The zero-order valence-corrected chi connectivity index (χ0v) is 34.4. The fourth-order valence-electron chi connectivity index (χ4n) is 2.81. The van der Waals surface area contributed by atoms with Gasteiger partial charge in [0.15, 0.2) is 0 Å². The van der Waals surface area contributed by atoms with Gasteiger partial charge in [0, 0.05) is 23.9 Å². The molecule has 0 aliphatic rings. The molecule has 0 fully saturated rings. The summed E-state index contributed by atoms with van der Waals surface area (Å²) in [5.41, 5.74) is 0. The van der Waals surface area contributed by atoms with Crippen molar-refractivity contribution >= 4 is 35.8 Å². The molecule has 0 rings (SSSR count). The van der Waals surface area contributed by atoms with Crippen LogP contribution in [0.2, 0.25) is 0 Å². The molecule has 222 valence electrons. The molecule has 0 atom stereocenters. The average Bonchev–Trinajstić information content (AvgIpc) is 2.81. The van der Waals surface area contributed by atoms with E-state index in [4.69, 9.17) is 9.84 Å². The topological polar surface area (TPSA) is 224 Å². The van der Waals surface area contributed by atoms with Crippen molar-refractivity contribution in [2.24, 2.45) is 0 Å². The van der Waals surface area contributed by atoms with Gasteiger partial charge in [-0.25, -0.2) is 0 Å². The first kappa shape index (κ1) is 58.4. The van der Waals surface area contributed by atoms with Gasteiger partial charge in [0.05, 0.1) is 19.4 Å². The van der Waals surface area contributed by atoms with E-state index in [0.29, 0.717) is 6.61 Å². The summed E-state index contributed by atoms with van der Waals surface area (Å²) in [4.78, 5) is 60.0. The van der Waals surface area contributed by atoms with Gasteiger partial charge in [0.25, 0.3) is 0 Å². The van der Waals surface area contributed by atoms with Gasteiger partial charge < -0.3 is 49.4 Å². The number of aliphatic carboxylic acids is 5. The summed E-state index contributed by atoms with van der Waals surface area (Å²) in [7, 11) is 0. The van der Waals surface area contributed by atoms with Crippen LogP contribution in [0.15, 0.2) is 0 Å². The molecule has 0 saturated heterocycles. The molecule has 0 aromatic carbocycles. The smallest absolute Gasteiger partial charge is 0.550 e. The Hall–Kier alpha value is 0.820. The maximum atomic E-state index is 11.1. The Kier molecular flexibility index (Phi) is 64.3. The molecule has 1 N–H and O–H groups in total. The first-order chi connectivity index (χ1) is 17.9. The molecule has 0 bridgehead atoms. The number of rotatable bonds is 22. The van der Waals surface area contributed by atoms with Crippen LogP contribution in [0.3, 0.4) is 0 Å². The fourth-order valence-corrected chi connectivity index (χ4v) is 2.81. The van der Waals surface area contributed by atoms with Gasteiger partial charge in [-0.1, -0.05) is 64.7 Å². The third-order valence-electron chi connectivity index (χ3n) is 4.83. The molecule has 0 aliphatic carbocycles. The van der Waals surface area contributed by atoms with Crippen LogP contribution in [0.25, 0.3) is 0 Å². The SMILES string of the molecule is CCCCCCCCCCCCOC(=O)CCC(=O)O.O=C([O-])CCCC(=O)[O-].O=C([O-])CCCC(=O)[O-].[Na+].[Na+].[Na+].[Na+]. The molecule has 0 radical (unpaired) electrons. The maximum absolute atomic E-state index is 11.1. The van der Waals surface area contributed by atoms with E-state index in [1.165, 1.54) is 51.4 Å². The number of carbonyl (C=O) groups excluding carboxylic acids is 5. The number of unbranched alkanes of at least 4 members (excludes halogenated alkanes) is 9. The largest absolute Gasteiger partial charge is 1.00 e. The summed E-state index contributed by atoms with van der Waals surface area (Å²) in [5, 5.41) is 47.0. The molecule has 0 saturated carbocycles. The Morgan fingerprint density at radius 1 is 0.476 bits per heavy atom. The Bertz CT molecular complexity index is 622. The van der Waals surface area contributed by atoms with Crippen LogP contribution >= 0.6 is 0 Å². The molecule has 42 heavy (non-hydrogen) atoms. The monoisotopic (exact) mass is 638 g/mol. The zero-order chi connectivity index (χ0) is 29.6. The quantitative estimate of drug-likeness (QED) is 0.0663. The van der Waals surface area contributed by atoms with Crippen molar-refractivity contribution in [2.75, 3.05) is 6.61 Å². The summed E-state index contributed by atoms with van der Waals surface area (Å²) >= 11 is 0. The third-order valence-corrected chi connectivity index (χ3v) is 4.83. The summed E-state index contributed by atoms with van der Waals surface area (Å²) in [6, 6.07) is 0. The molecule has 16 heteroatoms. The molecular weight excluding hydrogens is 596 g/mol. The van der Waals surface area contributed by atoms with E-state index in [1.54, 1.807) is 0 Å². The molecule has 0 unspecified atom stereocenters. The maximum Gasteiger partial charge on any atom is 1.00 e. The average molecular weight is 639 g/mol. The number of ether oxygens (including phenoxy) is 1. The van der Waals surface area contributed by atoms with Gasteiger partial charge in [0.2, 0.25) is 0 Å². The van der Waals surface area contributed by atoms with Crippen LogP contribution in [0.1, 0.15) is 122 Å². The predicted molar refractivity (Wildman–Crippen MR) is 127 cm³/mol.